The summed E-state index contributed by atoms with van der Waals surface area (Å²) in [5, 5.41) is 3.07. The Hall–Kier alpha value is -1.14. The van der Waals surface area contributed by atoms with Crippen molar-refractivity contribution in [3.8, 4) is 0 Å². The van der Waals surface area contributed by atoms with Crippen molar-refractivity contribution in [1.29, 1.82) is 0 Å². The first kappa shape index (κ1) is 15.7. The minimum atomic E-state index is -0.0377. The second-order valence-electron chi connectivity index (χ2n) is 6.97. The van der Waals surface area contributed by atoms with Crippen LogP contribution in [0.5, 0.6) is 0 Å². The molecule has 3 saturated heterocycles. The van der Waals surface area contributed by atoms with Crippen LogP contribution in [0.15, 0.2) is 0 Å². The Morgan fingerprint density at radius 3 is 2.68 bits per heavy atom. The van der Waals surface area contributed by atoms with Gasteiger partial charge in [0.25, 0.3) is 0 Å². The summed E-state index contributed by atoms with van der Waals surface area (Å²) < 4.78 is 0. The molecule has 0 spiro atoms. The summed E-state index contributed by atoms with van der Waals surface area (Å²) in [6.07, 6.45) is 4.74. The fourth-order valence-electron chi connectivity index (χ4n) is 4.19. The lowest BCUT2D eigenvalue weighted by Gasteiger charge is -2.32. The molecule has 3 unspecified atom stereocenters. The summed E-state index contributed by atoms with van der Waals surface area (Å²) in [6, 6.07) is 0.501. The summed E-state index contributed by atoms with van der Waals surface area (Å²) in [5.74, 6) is 0.423. The van der Waals surface area contributed by atoms with Gasteiger partial charge in [-0.2, -0.15) is 0 Å². The molecule has 22 heavy (non-hydrogen) atoms. The van der Waals surface area contributed by atoms with E-state index in [9.17, 15) is 9.59 Å². The van der Waals surface area contributed by atoms with Crippen LogP contribution in [0.2, 0.25) is 0 Å². The van der Waals surface area contributed by atoms with Crippen LogP contribution >= 0.6 is 0 Å². The number of carbonyl (C=O) groups is 2. The molecular formula is C16H28N4O2. The molecule has 0 aliphatic carbocycles. The minimum Gasteiger partial charge on any atom is -0.353 e. The molecule has 0 saturated carbocycles. The maximum Gasteiger partial charge on any atom is 0.239 e. The molecule has 3 heterocycles. The third-order valence-electron chi connectivity index (χ3n) is 5.65. The molecule has 3 atom stereocenters. The van der Waals surface area contributed by atoms with Gasteiger partial charge in [-0.1, -0.05) is 0 Å². The average Bonchev–Trinajstić information content (AvgIpc) is 3.13. The molecular weight excluding hydrogens is 280 g/mol. The van der Waals surface area contributed by atoms with Gasteiger partial charge in [0.05, 0.1) is 0 Å². The number of fused-ring (bicyclic) bond motifs is 1. The summed E-state index contributed by atoms with van der Waals surface area (Å²) >= 11 is 0. The van der Waals surface area contributed by atoms with Crippen LogP contribution < -0.4 is 5.32 Å². The Labute approximate surface area is 132 Å². The van der Waals surface area contributed by atoms with E-state index < -0.39 is 0 Å². The third-order valence-corrected chi connectivity index (χ3v) is 5.65. The Morgan fingerprint density at radius 1 is 1.23 bits per heavy atom. The molecule has 124 valence electrons. The van der Waals surface area contributed by atoms with E-state index in [0.29, 0.717) is 13.0 Å². The quantitative estimate of drug-likeness (QED) is 0.790. The smallest absolute Gasteiger partial charge is 0.239 e. The van der Waals surface area contributed by atoms with E-state index >= 15 is 0 Å². The highest BCUT2D eigenvalue weighted by Gasteiger charge is 2.43. The van der Waals surface area contributed by atoms with Crippen molar-refractivity contribution in [2.75, 3.05) is 40.3 Å². The summed E-state index contributed by atoms with van der Waals surface area (Å²) in [4.78, 5) is 31.0. The molecule has 3 aliphatic heterocycles. The second kappa shape index (κ2) is 6.54. The lowest BCUT2D eigenvalue weighted by Crippen LogP contribution is -2.48. The number of nitrogens with zero attached hydrogens (tertiary/aromatic N) is 3. The Balaban J connectivity index is 1.59. The lowest BCUT2D eigenvalue weighted by molar-refractivity contribution is -0.130. The maximum absolute atomic E-state index is 12.3. The standard InChI is InChI=1S/C16H28N4O2/c1-18-10-7-13-15(18)16(22)17-11-12(19(13)2)5-6-14(21)20-8-3-4-9-20/h12-13,15H,3-11H2,1-2H3,(H,17,22). The van der Waals surface area contributed by atoms with Crippen LogP contribution in [0.4, 0.5) is 0 Å². The van der Waals surface area contributed by atoms with Crippen LogP contribution in [0.3, 0.4) is 0 Å². The van der Waals surface area contributed by atoms with Gasteiger partial charge in [-0.3, -0.25) is 19.4 Å². The SMILES string of the molecule is CN1CCC2C1C(=O)NCC(CCC(=O)N1CCCC1)N2C. The van der Waals surface area contributed by atoms with Crippen molar-refractivity contribution in [2.24, 2.45) is 0 Å². The highest BCUT2D eigenvalue weighted by atomic mass is 16.2. The van der Waals surface area contributed by atoms with E-state index in [1.807, 2.05) is 11.9 Å². The van der Waals surface area contributed by atoms with E-state index in [2.05, 4.69) is 22.2 Å². The zero-order valence-electron chi connectivity index (χ0n) is 13.8. The fraction of sp³-hybridized carbons (Fsp3) is 0.875. The normalized spacial score (nSPS) is 33.6. The molecule has 3 fully saturated rings. The zero-order chi connectivity index (χ0) is 15.7. The molecule has 0 bridgehead atoms. The van der Waals surface area contributed by atoms with E-state index in [-0.39, 0.29) is 29.9 Å². The Bertz CT molecular complexity index is 436. The molecule has 0 radical (unpaired) electrons. The maximum atomic E-state index is 12.3. The van der Waals surface area contributed by atoms with Crippen molar-refractivity contribution in [1.82, 2.24) is 20.0 Å². The summed E-state index contributed by atoms with van der Waals surface area (Å²) in [7, 11) is 4.14. The average molecular weight is 308 g/mol. The lowest BCUT2D eigenvalue weighted by atomic mass is 10.0. The van der Waals surface area contributed by atoms with E-state index in [4.69, 9.17) is 0 Å². The van der Waals surface area contributed by atoms with Crippen LogP contribution in [0.1, 0.15) is 32.1 Å². The predicted octanol–water partition coefficient (Wildman–Crippen LogP) is -0.108. The Kier molecular flexibility index (Phi) is 4.68. The van der Waals surface area contributed by atoms with Crippen molar-refractivity contribution in [2.45, 2.75) is 50.2 Å². The zero-order valence-corrected chi connectivity index (χ0v) is 13.8. The number of nitrogens with one attached hydrogen (secondary N) is 1. The number of amides is 2. The van der Waals surface area contributed by atoms with Gasteiger partial charge in [-0.25, -0.2) is 0 Å². The molecule has 3 aliphatic rings. The highest BCUT2D eigenvalue weighted by Crippen LogP contribution is 2.26. The molecule has 3 rings (SSSR count). The van der Waals surface area contributed by atoms with Crippen LogP contribution in [-0.2, 0) is 9.59 Å². The topological polar surface area (TPSA) is 55.9 Å². The number of rotatable bonds is 3. The number of hydrogen-bond acceptors (Lipinski definition) is 4. The van der Waals surface area contributed by atoms with E-state index in [1.54, 1.807) is 0 Å². The van der Waals surface area contributed by atoms with Crippen LogP contribution in [0.25, 0.3) is 0 Å². The molecule has 1 N–H and O–H groups in total. The van der Waals surface area contributed by atoms with Gasteiger partial charge in [0.15, 0.2) is 0 Å². The van der Waals surface area contributed by atoms with Gasteiger partial charge in [-0.05, 0) is 39.8 Å². The molecule has 0 aromatic rings. The van der Waals surface area contributed by atoms with Crippen LogP contribution in [0, 0.1) is 0 Å². The number of likely N-dealkylation sites (N-methyl/N-ethyl adjacent to an activating group) is 2. The molecule has 0 aromatic heterocycles. The summed E-state index contributed by atoms with van der Waals surface area (Å²) in [6.45, 7) is 3.47. The van der Waals surface area contributed by atoms with E-state index in [1.165, 1.54) is 0 Å². The molecule has 6 nitrogen and oxygen atoms in total. The number of hydrogen-bond donors (Lipinski definition) is 1. The number of carbonyl (C=O) groups excluding carboxylic acids is 2. The largest absolute Gasteiger partial charge is 0.353 e. The first-order valence-corrected chi connectivity index (χ1v) is 8.55. The summed E-state index contributed by atoms with van der Waals surface area (Å²) in [5.41, 5.74) is 0. The second-order valence-corrected chi connectivity index (χ2v) is 6.97. The minimum absolute atomic E-state index is 0.0377. The van der Waals surface area contributed by atoms with Gasteiger partial charge in [-0.15, -0.1) is 0 Å². The van der Waals surface area contributed by atoms with Crippen molar-refractivity contribution >= 4 is 11.8 Å². The molecule has 2 amide bonds. The predicted molar refractivity (Wildman–Crippen MR) is 84.4 cm³/mol. The first-order valence-electron chi connectivity index (χ1n) is 8.55. The van der Waals surface area contributed by atoms with Gasteiger partial charge in [0.1, 0.15) is 6.04 Å². The van der Waals surface area contributed by atoms with Gasteiger partial charge < -0.3 is 10.2 Å². The van der Waals surface area contributed by atoms with Crippen LogP contribution in [-0.4, -0.2) is 84.9 Å². The monoisotopic (exact) mass is 308 g/mol. The van der Waals surface area contributed by atoms with Gasteiger partial charge >= 0.3 is 0 Å². The highest BCUT2D eigenvalue weighted by molar-refractivity contribution is 5.83. The van der Waals surface area contributed by atoms with E-state index in [0.717, 1.165) is 45.3 Å². The molecule has 6 heteroatoms. The van der Waals surface area contributed by atoms with Crippen molar-refractivity contribution in [3.63, 3.8) is 0 Å². The number of likely N-dealkylation sites (tertiary alicyclic amines) is 2. The van der Waals surface area contributed by atoms with Gasteiger partial charge in [0, 0.05) is 44.7 Å². The fourth-order valence-corrected chi connectivity index (χ4v) is 4.19. The van der Waals surface area contributed by atoms with Crippen molar-refractivity contribution in [3.05, 3.63) is 0 Å². The first-order chi connectivity index (χ1) is 10.6. The van der Waals surface area contributed by atoms with Crippen molar-refractivity contribution < 1.29 is 9.59 Å². The third kappa shape index (κ3) is 2.99. The molecule has 0 aromatic carbocycles. The van der Waals surface area contributed by atoms with Gasteiger partial charge in [0.2, 0.25) is 11.8 Å². The Morgan fingerprint density at radius 2 is 1.95 bits per heavy atom.